The molecule has 0 aromatic carbocycles. The van der Waals surface area contributed by atoms with Gasteiger partial charge in [0, 0.05) is 32.0 Å². The first-order valence-corrected chi connectivity index (χ1v) is 7.83. The Kier molecular flexibility index (Phi) is 4.83. The van der Waals surface area contributed by atoms with Gasteiger partial charge in [-0.1, -0.05) is 27.2 Å². The van der Waals surface area contributed by atoms with Gasteiger partial charge in [-0.3, -0.25) is 4.79 Å². The Balaban J connectivity index is 1.88. The van der Waals surface area contributed by atoms with Gasteiger partial charge in [0.2, 0.25) is 0 Å². The van der Waals surface area contributed by atoms with Crippen LogP contribution in [0.1, 0.15) is 52.9 Å². The summed E-state index contributed by atoms with van der Waals surface area (Å²) in [5, 5.41) is 0. The third kappa shape index (κ3) is 3.57. The van der Waals surface area contributed by atoms with Gasteiger partial charge in [0.1, 0.15) is 5.78 Å². The van der Waals surface area contributed by atoms with Crippen molar-refractivity contribution in [2.45, 2.75) is 52.9 Å². The third-order valence-corrected chi connectivity index (χ3v) is 4.87. The van der Waals surface area contributed by atoms with E-state index in [2.05, 4.69) is 25.7 Å². The summed E-state index contributed by atoms with van der Waals surface area (Å²) in [6, 6.07) is 0. The number of rotatable bonds is 3. The van der Waals surface area contributed by atoms with Crippen molar-refractivity contribution in [1.82, 2.24) is 4.90 Å². The van der Waals surface area contributed by atoms with E-state index in [1.807, 2.05) is 0 Å². The molecule has 1 saturated heterocycles. The Morgan fingerprint density at radius 1 is 1.17 bits per heavy atom. The lowest BCUT2D eigenvalue weighted by atomic mass is 9.78. The molecule has 2 rings (SSSR count). The average Bonchev–Trinajstić information content (AvgIpc) is 2.30. The van der Waals surface area contributed by atoms with Crippen LogP contribution in [0.25, 0.3) is 0 Å². The van der Waals surface area contributed by atoms with E-state index in [0.717, 1.165) is 43.6 Å². The zero-order valence-corrected chi connectivity index (χ0v) is 12.3. The number of likely N-dealkylation sites (tertiary alicyclic amines) is 1. The number of Topliss-reactive ketones (excluding diaryl/α,β-unsaturated/α-hetero) is 1. The van der Waals surface area contributed by atoms with Crippen LogP contribution in [0, 0.1) is 23.7 Å². The summed E-state index contributed by atoms with van der Waals surface area (Å²) in [6.45, 7) is 10.4. The first kappa shape index (κ1) is 14.0. The van der Waals surface area contributed by atoms with Crippen molar-refractivity contribution in [3.05, 3.63) is 0 Å². The molecule has 4 unspecified atom stereocenters. The van der Waals surface area contributed by atoms with E-state index in [-0.39, 0.29) is 0 Å². The van der Waals surface area contributed by atoms with Gasteiger partial charge in [0.25, 0.3) is 0 Å². The summed E-state index contributed by atoms with van der Waals surface area (Å²) in [4.78, 5) is 14.6. The monoisotopic (exact) mass is 251 g/mol. The highest BCUT2D eigenvalue weighted by Gasteiger charge is 2.31. The van der Waals surface area contributed by atoms with Crippen molar-refractivity contribution in [1.29, 1.82) is 0 Å². The van der Waals surface area contributed by atoms with Crippen LogP contribution in [-0.4, -0.2) is 30.3 Å². The number of hydrogen-bond acceptors (Lipinski definition) is 2. The highest BCUT2D eigenvalue weighted by Crippen LogP contribution is 2.30. The molecular formula is C16H29NO. The topological polar surface area (TPSA) is 20.3 Å². The standard InChI is InChI=1S/C16H29NO/c1-4-14-5-6-16(18)15(8-14)11-17-9-12(2)7-13(3)10-17/h12-15H,4-11H2,1-3H3. The van der Waals surface area contributed by atoms with Crippen molar-refractivity contribution in [3.8, 4) is 0 Å². The Bertz CT molecular complexity index is 279. The molecule has 0 spiro atoms. The molecule has 1 heterocycles. The van der Waals surface area contributed by atoms with E-state index >= 15 is 0 Å². The second kappa shape index (κ2) is 6.18. The number of carbonyl (C=O) groups excluding carboxylic acids is 1. The number of ketones is 1. The second-order valence-electron chi connectivity index (χ2n) is 6.88. The maximum absolute atomic E-state index is 12.1. The minimum atomic E-state index is 0.334. The van der Waals surface area contributed by atoms with E-state index in [1.165, 1.54) is 25.9 Å². The number of carbonyl (C=O) groups is 1. The van der Waals surface area contributed by atoms with Crippen LogP contribution >= 0.6 is 0 Å². The third-order valence-electron chi connectivity index (χ3n) is 4.87. The highest BCUT2D eigenvalue weighted by molar-refractivity contribution is 5.81. The molecule has 0 radical (unpaired) electrons. The molecule has 0 aromatic rings. The van der Waals surface area contributed by atoms with Crippen molar-refractivity contribution in [2.24, 2.45) is 23.7 Å². The van der Waals surface area contributed by atoms with Crippen LogP contribution in [0.5, 0.6) is 0 Å². The predicted molar refractivity (Wildman–Crippen MR) is 75.5 cm³/mol. The van der Waals surface area contributed by atoms with Crippen LogP contribution in [0.4, 0.5) is 0 Å². The van der Waals surface area contributed by atoms with Crippen LogP contribution < -0.4 is 0 Å². The fourth-order valence-corrected chi connectivity index (χ4v) is 4.00. The molecule has 2 fully saturated rings. The van der Waals surface area contributed by atoms with E-state index in [1.54, 1.807) is 0 Å². The normalized spacial score (nSPS) is 38.9. The summed E-state index contributed by atoms with van der Waals surface area (Å²) in [6.07, 6.45) is 5.72. The molecule has 104 valence electrons. The zero-order valence-electron chi connectivity index (χ0n) is 12.3. The highest BCUT2D eigenvalue weighted by atomic mass is 16.1. The van der Waals surface area contributed by atoms with Gasteiger partial charge in [0.05, 0.1) is 0 Å². The summed E-state index contributed by atoms with van der Waals surface area (Å²) >= 11 is 0. The van der Waals surface area contributed by atoms with E-state index in [4.69, 9.17) is 0 Å². The van der Waals surface area contributed by atoms with Crippen molar-refractivity contribution >= 4 is 5.78 Å². The second-order valence-corrected chi connectivity index (χ2v) is 6.88. The lowest BCUT2D eigenvalue weighted by molar-refractivity contribution is -0.126. The molecule has 1 aliphatic heterocycles. The van der Waals surface area contributed by atoms with Crippen LogP contribution in [0.15, 0.2) is 0 Å². The maximum atomic E-state index is 12.1. The van der Waals surface area contributed by atoms with Crippen LogP contribution in [0.3, 0.4) is 0 Å². The quantitative estimate of drug-likeness (QED) is 0.766. The van der Waals surface area contributed by atoms with Gasteiger partial charge in [0.15, 0.2) is 0 Å². The smallest absolute Gasteiger partial charge is 0.137 e. The largest absolute Gasteiger partial charge is 0.302 e. The molecule has 1 aliphatic carbocycles. The molecule has 1 saturated carbocycles. The van der Waals surface area contributed by atoms with Gasteiger partial charge in [-0.05, 0) is 37.0 Å². The zero-order chi connectivity index (χ0) is 13.1. The summed E-state index contributed by atoms with van der Waals surface area (Å²) in [7, 11) is 0. The summed E-state index contributed by atoms with van der Waals surface area (Å²) in [5.74, 6) is 3.27. The molecule has 0 aromatic heterocycles. The van der Waals surface area contributed by atoms with Crippen molar-refractivity contribution in [3.63, 3.8) is 0 Å². The minimum Gasteiger partial charge on any atom is -0.302 e. The van der Waals surface area contributed by atoms with Crippen molar-refractivity contribution in [2.75, 3.05) is 19.6 Å². The maximum Gasteiger partial charge on any atom is 0.137 e. The van der Waals surface area contributed by atoms with Crippen molar-refractivity contribution < 1.29 is 4.79 Å². The SMILES string of the molecule is CCC1CCC(=O)C(CN2CC(C)CC(C)C2)C1. The van der Waals surface area contributed by atoms with E-state index < -0.39 is 0 Å². The van der Waals surface area contributed by atoms with Gasteiger partial charge >= 0.3 is 0 Å². The summed E-state index contributed by atoms with van der Waals surface area (Å²) < 4.78 is 0. The fraction of sp³-hybridized carbons (Fsp3) is 0.938. The lowest BCUT2D eigenvalue weighted by Gasteiger charge is -2.38. The molecule has 2 nitrogen and oxygen atoms in total. The number of nitrogens with zero attached hydrogens (tertiary/aromatic N) is 1. The first-order valence-electron chi connectivity index (χ1n) is 7.83. The van der Waals surface area contributed by atoms with E-state index in [9.17, 15) is 4.79 Å². The van der Waals surface area contributed by atoms with Crippen LogP contribution in [-0.2, 0) is 4.79 Å². The number of hydrogen-bond donors (Lipinski definition) is 0. The Hall–Kier alpha value is -0.370. The van der Waals surface area contributed by atoms with Crippen LogP contribution in [0.2, 0.25) is 0 Å². The molecule has 0 bridgehead atoms. The molecule has 0 amide bonds. The molecule has 2 aliphatic rings. The van der Waals surface area contributed by atoms with E-state index in [0.29, 0.717) is 11.7 Å². The minimum absolute atomic E-state index is 0.334. The predicted octanol–water partition coefficient (Wildman–Crippen LogP) is 3.36. The van der Waals surface area contributed by atoms with Gasteiger partial charge < -0.3 is 4.90 Å². The first-order chi connectivity index (χ1) is 8.58. The van der Waals surface area contributed by atoms with Gasteiger partial charge in [-0.25, -0.2) is 0 Å². The fourth-order valence-electron chi connectivity index (χ4n) is 4.00. The Morgan fingerprint density at radius 3 is 2.44 bits per heavy atom. The molecule has 4 atom stereocenters. The lowest BCUT2D eigenvalue weighted by Crippen LogP contribution is -2.43. The average molecular weight is 251 g/mol. The Labute approximate surface area is 112 Å². The number of piperidine rings is 1. The van der Waals surface area contributed by atoms with Gasteiger partial charge in [-0.2, -0.15) is 0 Å². The Morgan fingerprint density at radius 2 is 1.83 bits per heavy atom. The summed E-state index contributed by atoms with van der Waals surface area (Å²) in [5.41, 5.74) is 0. The molecule has 2 heteroatoms. The molecule has 0 N–H and O–H groups in total. The molecule has 18 heavy (non-hydrogen) atoms. The molecular weight excluding hydrogens is 222 g/mol. The van der Waals surface area contributed by atoms with Gasteiger partial charge in [-0.15, -0.1) is 0 Å².